The molecule has 1 N–H and O–H groups in total. The molecule has 0 aromatic carbocycles. The van der Waals surface area contributed by atoms with E-state index < -0.39 is 0 Å². The second kappa shape index (κ2) is 4.15. The van der Waals surface area contributed by atoms with E-state index in [9.17, 15) is 0 Å². The fourth-order valence-corrected chi connectivity index (χ4v) is 2.67. The second-order valence-corrected chi connectivity index (χ2v) is 5.59. The lowest BCUT2D eigenvalue weighted by Crippen LogP contribution is -2.21. The first-order valence-corrected chi connectivity index (χ1v) is 6.77. The Morgan fingerprint density at radius 1 is 1.56 bits per heavy atom. The highest BCUT2D eigenvalue weighted by Crippen LogP contribution is 2.29. The van der Waals surface area contributed by atoms with E-state index >= 15 is 0 Å². The molecule has 2 nitrogen and oxygen atoms in total. The maximum absolute atomic E-state index is 4.48. The Bertz CT molecular complexity index is 487. The molecule has 0 amide bonds. The predicted molar refractivity (Wildman–Crippen MR) is 68.8 cm³/mol. The minimum absolute atomic E-state index is 0.416. The first-order valence-electron chi connectivity index (χ1n) is 5.89. The van der Waals surface area contributed by atoms with Crippen LogP contribution in [-0.2, 0) is 0 Å². The molecule has 2 aromatic heterocycles. The predicted octanol–water partition coefficient (Wildman–Crippen LogP) is 3.36. The van der Waals surface area contributed by atoms with Crippen LogP contribution in [0, 0.1) is 5.92 Å². The van der Waals surface area contributed by atoms with Gasteiger partial charge in [0.15, 0.2) is 0 Å². The Hall–Kier alpha value is -0.930. The van der Waals surface area contributed by atoms with E-state index in [0.717, 1.165) is 18.0 Å². The van der Waals surface area contributed by atoms with E-state index in [1.807, 2.05) is 6.20 Å². The summed E-state index contributed by atoms with van der Waals surface area (Å²) >= 11 is 1.77. The third kappa shape index (κ3) is 2.11. The summed E-state index contributed by atoms with van der Waals surface area (Å²) in [5, 5.41) is 5.68. The van der Waals surface area contributed by atoms with Crippen LogP contribution in [0.3, 0.4) is 0 Å². The van der Waals surface area contributed by atoms with Crippen molar-refractivity contribution in [3.63, 3.8) is 0 Å². The number of fused-ring (bicyclic) bond motifs is 1. The molecule has 2 aromatic rings. The SMILES string of the molecule is CC(NCC1CC1)c1cnc2ccsc2c1. The Morgan fingerprint density at radius 2 is 2.44 bits per heavy atom. The Balaban J connectivity index is 1.75. The molecule has 2 heterocycles. The van der Waals surface area contributed by atoms with Crippen LogP contribution in [0.5, 0.6) is 0 Å². The normalized spacial score (nSPS) is 17.8. The van der Waals surface area contributed by atoms with Crippen molar-refractivity contribution in [2.75, 3.05) is 6.54 Å². The van der Waals surface area contributed by atoms with Gasteiger partial charge in [-0.15, -0.1) is 11.3 Å². The number of thiophene rings is 1. The van der Waals surface area contributed by atoms with Crippen LogP contribution in [0.2, 0.25) is 0 Å². The molecule has 16 heavy (non-hydrogen) atoms. The lowest BCUT2D eigenvalue weighted by molar-refractivity contribution is 0.548. The molecule has 1 unspecified atom stereocenters. The van der Waals surface area contributed by atoms with Gasteiger partial charge < -0.3 is 5.32 Å². The number of pyridine rings is 1. The zero-order valence-corrected chi connectivity index (χ0v) is 10.3. The summed E-state index contributed by atoms with van der Waals surface area (Å²) in [7, 11) is 0. The van der Waals surface area contributed by atoms with Gasteiger partial charge in [-0.3, -0.25) is 4.98 Å². The lowest BCUT2D eigenvalue weighted by Gasteiger charge is -2.13. The van der Waals surface area contributed by atoms with Crippen LogP contribution >= 0.6 is 11.3 Å². The van der Waals surface area contributed by atoms with Gasteiger partial charge in [0, 0.05) is 12.2 Å². The first kappa shape index (κ1) is 10.2. The van der Waals surface area contributed by atoms with Crippen molar-refractivity contribution >= 4 is 21.6 Å². The third-order valence-corrected chi connectivity index (χ3v) is 4.09. The summed E-state index contributed by atoms with van der Waals surface area (Å²) in [6.07, 6.45) is 4.81. The minimum Gasteiger partial charge on any atom is -0.310 e. The molecule has 3 rings (SSSR count). The Labute approximate surface area is 99.7 Å². The molecule has 84 valence electrons. The largest absolute Gasteiger partial charge is 0.310 e. The van der Waals surface area contributed by atoms with E-state index in [-0.39, 0.29) is 0 Å². The topological polar surface area (TPSA) is 24.9 Å². The van der Waals surface area contributed by atoms with Gasteiger partial charge in [0.2, 0.25) is 0 Å². The number of hydrogen-bond acceptors (Lipinski definition) is 3. The Morgan fingerprint density at radius 3 is 3.25 bits per heavy atom. The van der Waals surface area contributed by atoms with Crippen molar-refractivity contribution in [2.24, 2.45) is 5.92 Å². The van der Waals surface area contributed by atoms with Crippen LogP contribution in [-0.4, -0.2) is 11.5 Å². The molecule has 0 saturated heterocycles. The van der Waals surface area contributed by atoms with Gasteiger partial charge in [0.05, 0.1) is 10.2 Å². The van der Waals surface area contributed by atoms with Crippen LogP contribution < -0.4 is 5.32 Å². The van der Waals surface area contributed by atoms with Gasteiger partial charge in [0.25, 0.3) is 0 Å². The van der Waals surface area contributed by atoms with Crippen LogP contribution in [0.4, 0.5) is 0 Å². The zero-order valence-electron chi connectivity index (χ0n) is 9.44. The highest BCUT2D eigenvalue weighted by atomic mass is 32.1. The van der Waals surface area contributed by atoms with Crippen LogP contribution in [0.25, 0.3) is 10.2 Å². The van der Waals surface area contributed by atoms with Crippen molar-refractivity contribution in [2.45, 2.75) is 25.8 Å². The summed E-state index contributed by atoms with van der Waals surface area (Å²) in [4.78, 5) is 4.48. The summed E-state index contributed by atoms with van der Waals surface area (Å²) in [6.45, 7) is 3.38. The van der Waals surface area contributed by atoms with Crippen LogP contribution in [0.15, 0.2) is 23.7 Å². The number of nitrogens with one attached hydrogen (secondary N) is 1. The summed E-state index contributed by atoms with van der Waals surface area (Å²) in [6, 6.07) is 4.75. The van der Waals surface area contributed by atoms with Crippen LogP contribution in [0.1, 0.15) is 31.4 Å². The number of aromatic nitrogens is 1. The standard InChI is InChI=1S/C13H16N2S/c1-9(14-7-10-2-3-10)11-6-13-12(15-8-11)4-5-16-13/h4-6,8-10,14H,2-3,7H2,1H3. The zero-order chi connectivity index (χ0) is 11.0. The molecule has 1 atom stereocenters. The van der Waals surface area contributed by atoms with Crippen molar-refractivity contribution in [1.29, 1.82) is 0 Å². The van der Waals surface area contributed by atoms with E-state index in [2.05, 4.69) is 34.7 Å². The minimum atomic E-state index is 0.416. The summed E-state index contributed by atoms with van der Waals surface area (Å²) in [5.41, 5.74) is 2.42. The van der Waals surface area contributed by atoms with Gasteiger partial charge in [-0.25, -0.2) is 0 Å². The first-order chi connectivity index (χ1) is 7.83. The monoisotopic (exact) mass is 232 g/mol. The highest BCUT2D eigenvalue weighted by Gasteiger charge is 2.21. The molecule has 1 fully saturated rings. The molecule has 0 bridgehead atoms. The fraction of sp³-hybridized carbons (Fsp3) is 0.462. The molecule has 1 aliphatic rings. The van der Waals surface area contributed by atoms with E-state index in [1.54, 1.807) is 11.3 Å². The lowest BCUT2D eigenvalue weighted by atomic mass is 10.1. The van der Waals surface area contributed by atoms with Crippen molar-refractivity contribution < 1.29 is 0 Å². The molecule has 1 aliphatic carbocycles. The number of hydrogen-bond donors (Lipinski definition) is 1. The second-order valence-electron chi connectivity index (χ2n) is 4.65. The average molecular weight is 232 g/mol. The van der Waals surface area contributed by atoms with Crippen molar-refractivity contribution in [3.8, 4) is 0 Å². The molecular weight excluding hydrogens is 216 g/mol. The third-order valence-electron chi connectivity index (χ3n) is 3.23. The van der Waals surface area contributed by atoms with E-state index in [0.29, 0.717) is 6.04 Å². The molecular formula is C13H16N2S. The van der Waals surface area contributed by atoms with Gasteiger partial charge in [0.1, 0.15) is 0 Å². The van der Waals surface area contributed by atoms with Gasteiger partial charge in [-0.1, -0.05) is 0 Å². The van der Waals surface area contributed by atoms with Gasteiger partial charge >= 0.3 is 0 Å². The van der Waals surface area contributed by atoms with Crippen molar-refractivity contribution in [3.05, 3.63) is 29.3 Å². The quantitative estimate of drug-likeness (QED) is 0.874. The molecule has 0 radical (unpaired) electrons. The highest BCUT2D eigenvalue weighted by molar-refractivity contribution is 7.17. The summed E-state index contributed by atoms with van der Waals surface area (Å²) < 4.78 is 1.29. The van der Waals surface area contributed by atoms with E-state index in [1.165, 1.54) is 23.1 Å². The molecule has 1 saturated carbocycles. The molecule has 0 aliphatic heterocycles. The summed E-state index contributed by atoms with van der Waals surface area (Å²) in [5.74, 6) is 0.931. The number of rotatable bonds is 4. The molecule has 3 heteroatoms. The Kier molecular flexibility index (Phi) is 2.65. The molecule has 0 spiro atoms. The van der Waals surface area contributed by atoms with Crippen molar-refractivity contribution in [1.82, 2.24) is 10.3 Å². The van der Waals surface area contributed by atoms with Gasteiger partial charge in [-0.05, 0) is 55.3 Å². The maximum atomic E-state index is 4.48. The fourth-order valence-electron chi connectivity index (χ4n) is 1.88. The smallest absolute Gasteiger partial charge is 0.0809 e. The average Bonchev–Trinajstić information content (AvgIpc) is 3.01. The van der Waals surface area contributed by atoms with E-state index in [4.69, 9.17) is 0 Å². The number of nitrogens with zero attached hydrogens (tertiary/aromatic N) is 1. The van der Waals surface area contributed by atoms with Gasteiger partial charge in [-0.2, -0.15) is 0 Å². The maximum Gasteiger partial charge on any atom is 0.0809 e.